The zero-order valence-corrected chi connectivity index (χ0v) is 34.8. The van der Waals surface area contributed by atoms with E-state index in [0.29, 0.717) is 19.4 Å². The van der Waals surface area contributed by atoms with Gasteiger partial charge in [0.05, 0.1) is 51.2 Å². The molecule has 11 nitrogen and oxygen atoms in total. The minimum atomic E-state index is -1.83. The molecular weight excluding hydrogens is 783 g/mol. The van der Waals surface area contributed by atoms with Gasteiger partial charge < -0.3 is 38.5 Å². The van der Waals surface area contributed by atoms with Crippen LogP contribution >= 0.6 is 34.8 Å². The van der Waals surface area contributed by atoms with Gasteiger partial charge in [-0.25, -0.2) is 9.59 Å². The van der Waals surface area contributed by atoms with Gasteiger partial charge in [0.1, 0.15) is 36.2 Å². The van der Waals surface area contributed by atoms with E-state index in [1.54, 1.807) is 4.90 Å². The second-order valence-electron chi connectivity index (χ2n) is 15.4. The number of rotatable bonds is 15. The molecule has 2 aliphatic heterocycles. The fourth-order valence-electron chi connectivity index (χ4n) is 6.83. The molecule has 14 heteroatoms. The number of ether oxygens (including phenoxy) is 7. The molecule has 0 aromatic heterocycles. The number of nitrogens with zero attached hydrogens (tertiary/aromatic N) is 1. The highest BCUT2D eigenvalue weighted by atomic mass is 35.6. The molecule has 2 aliphatic rings. The summed E-state index contributed by atoms with van der Waals surface area (Å²) in [5.74, 6) is 0. The van der Waals surface area contributed by atoms with E-state index in [1.807, 2.05) is 126 Å². The lowest BCUT2D eigenvalue weighted by Gasteiger charge is -2.47. The number of carbonyl (C=O) groups is 2. The maximum absolute atomic E-state index is 13.5. The maximum atomic E-state index is 13.5. The van der Waals surface area contributed by atoms with Crippen LogP contribution in [0.15, 0.2) is 91.0 Å². The third kappa shape index (κ3) is 13.5. The molecule has 0 aliphatic carbocycles. The number of benzene rings is 3. The van der Waals surface area contributed by atoms with Crippen LogP contribution in [-0.2, 0) is 53.0 Å². The molecular formula is C42H53Cl3N2O9. The molecule has 0 bridgehead atoms. The number of alkyl carbamates (subject to hydrolysis) is 1. The van der Waals surface area contributed by atoms with E-state index >= 15 is 0 Å². The molecule has 0 unspecified atom stereocenters. The van der Waals surface area contributed by atoms with E-state index in [9.17, 15) is 9.59 Å². The van der Waals surface area contributed by atoms with Crippen LogP contribution in [0.1, 0.15) is 64.2 Å². The second kappa shape index (κ2) is 20.0. The molecule has 6 atom stereocenters. The monoisotopic (exact) mass is 834 g/mol. The van der Waals surface area contributed by atoms with Crippen LogP contribution in [-0.4, -0.2) is 88.5 Å². The topological polar surface area (TPSA) is 114 Å². The Kier molecular flexibility index (Phi) is 15.7. The first-order chi connectivity index (χ1) is 26.6. The predicted octanol–water partition coefficient (Wildman–Crippen LogP) is 8.76. The zero-order chi connectivity index (χ0) is 40.3. The number of alkyl halides is 3. The van der Waals surface area contributed by atoms with Gasteiger partial charge in [-0.05, 0) is 64.2 Å². The summed E-state index contributed by atoms with van der Waals surface area (Å²) < 4.78 is 42.1. The highest BCUT2D eigenvalue weighted by Gasteiger charge is 2.50. The van der Waals surface area contributed by atoms with Gasteiger partial charge in [0.25, 0.3) is 0 Å². The first-order valence-corrected chi connectivity index (χ1v) is 20.0. The van der Waals surface area contributed by atoms with Crippen molar-refractivity contribution in [3.05, 3.63) is 108 Å². The van der Waals surface area contributed by atoms with E-state index < -0.39 is 64.4 Å². The van der Waals surface area contributed by atoms with Gasteiger partial charge in [-0.2, -0.15) is 0 Å². The molecule has 2 amide bonds. The summed E-state index contributed by atoms with van der Waals surface area (Å²) >= 11 is 17.8. The average Bonchev–Trinajstić information content (AvgIpc) is 3.46. The molecule has 3 aromatic rings. The van der Waals surface area contributed by atoms with Crippen LogP contribution in [0.4, 0.5) is 9.59 Å². The Hall–Kier alpha value is -3.13. The summed E-state index contributed by atoms with van der Waals surface area (Å²) in [5.41, 5.74) is 1.24. The number of nitrogens with one attached hydrogen (secondary N) is 1. The number of amides is 2. The number of hydrogen-bond acceptors (Lipinski definition) is 9. The Labute approximate surface area is 345 Å². The van der Waals surface area contributed by atoms with Gasteiger partial charge in [0.15, 0.2) is 0 Å². The molecule has 2 fully saturated rings. The summed E-state index contributed by atoms with van der Waals surface area (Å²) in [6.45, 7) is 9.88. The highest BCUT2D eigenvalue weighted by molar-refractivity contribution is 6.67. The van der Waals surface area contributed by atoms with Crippen LogP contribution < -0.4 is 5.32 Å². The smallest absolute Gasteiger partial charge is 0.412 e. The molecule has 0 radical (unpaired) electrons. The van der Waals surface area contributed by atoms with Crippen molar-refractivity contribution < 1.29 is 42.7 Å². The standard InChI is InChI=1S/C42H53Cl3N2O9/c1-40(2,3)56-39(49)47-32(26-54-41(47,4)5)21-22-33-35(46-38(48)53-28-42(43,44)45)37(52-25-31-19-13-8-14-20-31)36(51-24-30-17-11-7-12-18-30)34(55-33)27-50-23-29-15-9-6-10-16-29/h6-20,32-37H,21-28H2,1-5H3,(H,46,48)/t32-,33-,34+,35-,36+,37+/m0/s1. The number of hydrogen-bond donors (Lipinski definition) is 1. The number of carbonyl (C=O) groups excluding carboxylic acids is 2. The van der Waals surface area contributed by atoms with Crippen molar-refractivity contribution in [1.29, 1.82) is 0 Å². The van der Waals surface area contributed by atoms with E-state index in [-0.39, 0.29) is 32.5 Å². The molecule has 0 spiro atoms. The lowest BCUT2D eigenvalue weighted by atomic mass is 9.89. The zero-order valence-electron chi connectivity index (χ0n) is 32.5. The van der Waals surface area contributed by atoms with Gasteiger partial charge in [-0.1, -0.05) is 126 Å². The molecule has 306 valence electrons. The third-order valence-electron chi connectivity index (χ3n) is 9.36. The summed E-state index contributed by atoms with van der Waals surface area (Å²) in [4.78, 5) is 28.6. The minimum absolute atomic E-state index is 0.157. The highest BCUT2D eigenvalue weighted by Crippen LogP contribution is 2.35. The third-order valence-corrected chi connectivity index (χ3v) is 9.69. The van der Waals surface area contributed by atoms with Gasteiger partial charge >= 0.3 is 12.2 Å². The fraction of sp³-hybridized carbons (Fsp3) is 0.524. The van der Waals surface area contributed by atoms with Gasteiger partial charge in [-0.3, -0.25) is 4.90 Å². The lowest BCUT2D eigenvalue weighted by molar-refractivity contribution is -0.233. The molecule has 56 heavy (non-hydrogen) atoms. The van der Waals surface area contributed by atoms with Crippen LogP contribution in [0, 0.1) is 0 Å². The fourth-order valence-corrected chi connectivity index (χ4v) is 6.99. The molecule has 2 heterocycles. The summed E-state index contributed by atoms with van der Waals surface area (Å²) in [5, 5.41) is 2.97. The van der Waals surface area contributed by atoms with Crippen LogP contribution in [0.3, 0.4) is 0 Å². The van der Waals surface area contributed by atoms with Crippen molar-refractivity contribution in [3.8, 4) is 0 Å². The normalized spacial score (nSPS) is 23.8. The van der Waals surface area contributed by atoms with Crippen LogP contribution in [0.25, 0.3) is 0 Å². The van der Waals surface area contributed by atoms with Crippen molar-refractivity contribution in [2.45, 2.75) is 119 Å². The summed E-state index contributed by atoms with van der Waals surface area (Å²) in [6.07, 6.45) is -3.32. The van der Waals surface area contributed by atoms with Gasteiger partial charge in [-0.15, -0.1) is 0 Å². The Morgan fingerprint density at radius 2 is 1.32 bits per heavy atom. The second-order valence-corrected chi connectivity index (χ2v) is 18.0. The predicted molar refractivity (Wildman–Crippen MR) is 214 cm³/mol. The van der Waals surface area contributed by atoms with Crippen molar-refractivity contribution in [2.75, 3.05) is 19.8 Å². The number of halogens is 3. The molecule has 5 rings (SSSR count). The molecule has 2 saturated heterocycles. The van der Waals surface area contributed by atoms with E-state index in [2.05, 4.69) is 5.32 Å². The van der Waals surface area contributed by atoms with Crippen LogP contribution in [0.5, 0.6) is 0 Å². The van der Waals surface area contributed by atoms with Crippen molar-refractivity contribution in [2.24, 2.45) is 0 Å². The molecule has 0 saturated carbocycles. The van der Waals surface area contributed by atoms with Gasteiger partial charge in [0.2, 0.25) is 3.79 Å². The first kappa shape index (κ1) is 44.0. The Morgan fingerprint density at radius 3 is 1.86 bits per heavy atom. The van der Waals surface area contributed by atoms with E-state index in [4.69, 9.17) is 68.0 Å². The van der Waals surface area contributed by atoms with Crippen molar-refractivity contribution in [1.82, 2.24) is 10.2 Å². The molecule has 1 N–H and O–H groups in total. The van der Waals surface area contributed by atoms with E-state index in [1.165, 1.54) is 0 Å². The first-order valence-electron chi connectivity index (χ1n) is 18.8. The van der Waals surface area contributed by atoms with Crippen molar-refractivity contribution in [3.63, 3.8) is 0 Å². The average molecular weight is 836 g/mol. The Bertz CT molecular complexity index is 1660. The quantitative estimate of drug-likeness (QED) is 0.150. The summed E-state index contributed by atoms with van der Waals surface area (Å²) in [6, 6.07) is 28.1. The maximum Gasteiger partial charge on any atom is 0.412 e. The largest absolute Gasteiger partial charge is 0.445 e. The lowest BCUT2D eigenvalue weighted by Crippen LogP contribution is -2.65. The van der Waals surface area contributed by atoms with E-state index in [0.717, 1.165) is 16.7 Å². The van der Waals surface area contributed by atoms with Gasteiger partial charge in [0, 0.05) is 0 Å². The Balaban J connectivity index is 1.47. The van der Waals surface area contributed by atoms with Crippen LogP contribution in [0.2, 0.25) is 0 Å². The summed E-state index contributed by atoms with van der Waals surface area (Å²) in [7, 11) is 0. The SMILES string of the molecule is CC(C)(C)OC(=O)N1[C@@H](CC[C@@H]2O[C@H](COCc3ccccc3)[C@@H](OCc3ccccc3)[C@H](OCc3ccccc3)[C@H]2NC(=O)OCC(Cl)(Cl)Cl)COC1(C)C. The minimum Gasteiger partial charge on any atom is -0.445 e. The molecule has 3 aromatic carbocycles. The van der Waals surface area contributed by atoms with Crippen molar-refractivity contribution >= 4 is 47.0 Å². The Morgan fingerprint density at radius 1 is 0.786 bits per heavy atom.